The van der Waals surface area contributed by atoms with Crippen LogP contribution in [-0.4, -0.2) is 47.4 Å². The quantitative estimate of drug-likeness (QED) is 0.694. The fourth-order valence-corrected chi connectivity index (χ4v) is 5.22. The number of nitrogens with two attached hydrogens (primary N) is 1. The van der Waals surface area contributed by atoms with Gasteiger partial charge in [-0.2, -0.15) is 0 Å². The van der Waals surface area contributed by atoms with Crippen LogP contribution in [-0.2, 0) is 4.79 Å². The van der Waals surface area contributed by atoms with Crippen molar-refractivity contribution in [1.82, 2.24) is 15.2 Å². The summed E-state index contributed by atoms with van der Waals surface area (Å²) in [4.78, 5) is 32.4. The van der Waals surface area contributed by atoms with E-state index in [4.69, 9.17) is 10.7 Å². The second-order valence-electron chi connectivity index (χ2n) is 7.44. The van der Waals surface area contributed by atoms with E-state index in [1.54, 1.807) is 11.3 Å². The van der Waals surface area contributed by atoms with Gasteiger partial charge in [-0.3, -0.25) is 9.59 Å². The molecule has 6 nitrogen and oxygen atoms in total. The van der Waals surface area contributed by atoms with E-state index in [9.17, 15) is 9.59 Å². The van der Waals surface area contributed by atoms with Crippen LogP contribution in [0.1, 0.15) is 77.7 Å². The van der Waals surface area contributed by atoms with Gasteiger partial charge in [-0.25, -0.2) is 4.98 Å². The second kappa shape index (κ2) is 12.0. The van der Waals surface area contributed by atoms with Gasteiger partial charge in [0.2, 0.25) is 5.91 Å². The topological polar surface area (TPSA) is 88.3 Å². The minimum atomic E-state index is -0.0389. The molecule has 2 fully saturated rings. The zero-order valence-electron chi connectivity index (χ0n) is 16.4. The van der Waals surface area contributed by atoms with E-state index < -0.39 is 0 Å². The molecular weight excluding hydrogens is 419 g/mol. The van der Waals surface area contributed by atoms with Crippen molar-refractivity contribution in [1.29, 1.82) is 0 Å². The maximum Gasteiger partial charge on any atom is 0.266 e. The van der Waals surface area contributed by atoms with Crippen LogP contribution in [0.5, 0.6) is 0 Å². The van der Waals surface area contributed by atoms with Gasteiger partial charge < -0.3 is 16.0 Å². The van der Waals surface area contributed by atoms with Crippen molar-refractivity contribution in [3.05, 3.63) is 15.6 Å². The third-order valence-electron chi connectivity index (χ3n) is 5.51. The van der Waals surface area contributed by atoms with Crippen molar-refractivity contribution in [2.24, 2.45) is 5.73 Å². The Morgan fingerprint density at radius 3 is 2.54 bits per heavy atom. The molecule has 1 aliphatic heterocycles. The van der Waals surface area contributed by atoms with Gasteiger partial charge in [-0.15, -0.1) is 36.2 Å². The highest BCUT2D eigenvalue weighted by Crippen LogP contribution is 2.37. The number of nitrogens with one attached hydrogen (secondary N) is 1. The van der Waals surface area contributed by atoms with Gasteiger partial charge in [-0.05, 0) is 39.0 Å². The number of piperidine rings is 1. The van der Waals surface area contributed by atoms with E-state index in [-0.39, 0.29) is 42.7 Å². The van der Waals surface area contributed by atoms with Crippen molar-refractivity contribution < 1.29 is 9.59 Å². The largest absolute Gasteiger partial charge is 0.354 e. The van der Waals surface area contributed by atoms with Crippen molar-refractivity contribution >= 4 is 48.0 Å². The lowest BCUT2D eigenvalue weighted by molar-refractivity contribution is -0.121. The van der Waals surface area contributed by atoms with E-state index in [0.29, 0.717) is 25.4 Å². The summed E-state index contributed by atoms with van der Waals surface area (Å²) in [6, 6.07) is 0.0643. The number of nitrogens with zero attached hydrogens (tertiary/aromatic N) is 2. The Bertz CT molecular complexity index is 650. The number of thiazole rings is 1. The number of hydrogen-bond acceptors (Lipinski definition) is 5. The smallest absolute Gasteiger partial charge is 0.266 e. The minimum Gasteiger partial charge on any atom is -0.354 e. The van der Waals surface area contributed by atoms with Crippen LogP contribution in [0.15, 0.2) is 0 Å². The van der Waals surface area contributed by atoms with Crippen LogP contribution in [0.4, 0.5) is 0 Å². The first-order valence-corrected chi connectivity index (χ1v) is 10.7. The van der Waals surface area contributed by atoms with Gasteiger partial charge in [0.05, 0.1) is 10.7 Å². The first-order valence-electron chi connectivity index (χ1n) is 9.85. The minimum absolute atomic E-state index is 0. The van der Waals surface area contributed by atoms with E-state index in [0.717, 1.165) is 41.4 Å². The van der Waals surface area contributed by atoms with Gasteiger partial charge >= 0.3 is 0 Å². The van der Waals surface area contributed by atoms with Crippen molar-refractivity contribution in [2.75, 3.05) is 19.6 Å². The average Bonchev–Trinajstić information content (AvgIpc) is 3.29. The second-order valence-corrected chi connectivity index (χ2v) is 8.47. The molecule has 0 aromatic carbocycles. The highest BCUT2D eigenvalue weighted by molar-refractivity contribution is 7.13. The highest BCUT2D eigenvalue weighted by atomic mass is 35.5. The fourth-order valence-electron chi connectivity index (χ4n) is 4.02. The molecule has 2 amide bonds. The van der Waals surface area contributed by atoms with Crippen LogP contribution in [0.3, 0.4) is 0 Å². The van der Waals surface area contributed by atoms with Crippen LogP contribution in [0.2, 0.25) is 0 Å². The predicted molar refractivity (Wildman–Crippen MR) is 118 cm³/mol. The number of aryl methyl sites for hydroxylation is 1. The number of amides is 2. The number of carbonyl (C=O) groups is 2. The maximum atomic E-state index is 13.2. The predicted octanol–water partition coefficient (Wildman–Crippen LogP) is 3.41. The molecule has 0 spiro atoms. The first-order chi connectivity index (χ1) is 12.6. The Morgan fingerprint density at radius 2 is 1.86 bits per heavy atom. The molecule has 1 aromatic rings. The Labute approximate surface area is 183 Å². The van der Waals surface area contributed by atoms with Crippen molar-refractivity contribution in [3.63, 3.8) is 0 Å². The summed E-state index contributed by atoms with van der Waals surface area (Å²) < 4.78 is 0. The fraction of sp³-hybridized carbons (Fsp3) is 0.737. The summed E-state index contributed by atoms with van der Waals surface area (Å²) in [6.45, 7) is 3.57. The lowest BCUT2D eigenvalue weighted by Crippen LogP contribution is -2.49. The molecule has 1 aliphatic carbocycles. The molecule has 160 valence electrons. The van der Waals surface area contributed by atoms with E-state index in [1.807, 2.05) is 11.8 Å². The molecule has 1 unspecified atom stereocenters. The Morgan fingerprint density at radius 1 is 1.18 bits per heavy atom. The number of hydrogen-bond donors (Lipinski definition) is 2. The van der Waals surface area contributed by atoms with Gasteiger partial charge in [-0.1, -0.05) is 12.8 Å². The SMILES string of the molecule is Cc1nc(C2CCCC2)sc1C(=O)N1CCCCC1CNC(=O)CCN.Cl.Cl. The summed E-state index contributed by atoms with van der Waals surface area (Å²) >= 11 is 1.59. The number of rotatable bonds is 6. The number of likely N-dealkylation sites (tertiary alicyclic amines) is 1. The summed E-state index contributed by atoms with van der Waals surface area (Å²) in [5.41, 5.74) is 6.29. The van der Waals surface area contributed by atoms with E-state index in [2.05, 4.69) is 5.32 Å². The molecule has 3 rings (SSSR count). The Kier molecular flexibility index (Phi) is 10.7. The van der Waals surface area contributed by atoms with Crippen LogP contribution in [0, 0.1) is 6.92 Å². The highest BCUT2D eigenvalue weighted by Gasteiger charge is 2.31. The molecule has 1 atom stereocenters. The number of carbonyl (C=O) groups excluding carboxylic acids is 2. The van der Waals surface area contributed by atoms with E-state index >= 15 is 0 Å². The third kappa shape index (κ3) is 6.05. The summed E-state index contributed by atoms with van der Waals surface area (Å²) in [7, 11) is 0. The molecule has 9 heteroatoms. The Hall–Kier alpha value is -0.890. The first kappa shape index (κ1) is 25.1. The summed E-state index contributed by atoms with van der Waals surface area (Å²) in [5.74, 6) is 0.581. The number of aromatic nitrogens is 1. The van der Waals surface area contributed by atoms with E-state index in [1.165, 1.54) is 25.7 Å². The normalized spacial score (nSPS) is 19.6. The molecule has 2 heterocycles. The third-order valence-corrected chi connectivity index (χ3v) is 6.81. The molecule has 1 aromatic heterocycles. The van der Waals surface area contributed by atoms with Gasteiger partial charge in [0, 0.05) is 38.0 Å². The summed E-state index contributed by atoms with van der Waals surface area (Å²) in [5, 5.41) is 4.06. The average molecular weight is 451 g/mol. The van der Waals surface area contributed by atoms with Gasteiger partial charge in [0.15, 0.2) is 0 Å². The standard InChI is InChI=1S/C19H30N4O2S.2ClH/c1-13-17(26-18(22-13)14-6-2-3-7-14)19(25)23-11-5-4-8-15(23)12-21-16(24)9-10-20;;/h14-15H,2-12,20H2,1H3,(H,21,24);2*1H. The maximum absolute atomic E-state index is 13.2. The molecule has 1 saturated heterocycles. The molecule has 3 N–H and O–H groups in total. The van der Waals surface area contributed by atoms with Gasteiger partial charge in [0.1, 0.15) is 4.88 Å². The molecule has 0 bridgehead atoms. The molecular formula is C19H32Cl2N4O2S. The zero-order valence-corrected chi connectivity index (χ0v) is 18.9. The molecule has 28 heavy (non-hydrogen) atoms. The number of halogens is 2. The van der Waals surface area contributed by atoms with Crippen LogP contribution >= 0.6 is 36.2 Å². The molecule has 2 aliphatic rings. The van der Waals surface area contributed by atoms with Crippen LogP contribution in [0.25, 0.3) is 0 Å². The molecule has 0 radical (unpaired) electrons. The van der Waals surface area contributed by atoms with Gasteiger partial charge in [0.25, 0.3) is 5.91 Å². The van der Waals surface area contributed by atoms with Crippen molar-refractivity contribution in [3.8, 4) is 0 Å². The monoisotopic (exact) mass is 450 g/mol. The summed E-state index contributed by atoms with van der Waals surface area (Å²) in [6.07, 6.45) is 8.30. The lowest BCUT2D eigenvalue weighted by atomic mass is 10.0. The van der Waals surface area contributed by atoms with Crippen molar-refractivity contribution in [2.45, 2.75) is 70.3 Å². The van der Waals surface area contributed by atoms with Crippen LogP contribution < -0.4 is 11.1 Å². The lowest BCUT2D eigenvalue weighted by Gasteiger charge is -2.35. The Balaban J connectivity index is 0.00000196. The zero-order chi connectivity index (χ0) is 18.5. The molecule has 1 saturated carbocycles.